The summed E-state index contributed by atoms with van der Waals surface area (Å²) in [7, 11) is 1.72. The molecule has 0 radical (unpaired) electrons. The van der Waals surface area contributed by atoms with Crippen LogP contribution in [0.1, 0.15) is 18.9 Å². The van der Waals surface area contributed by atoms with Crippen LogP contribution < -0.4 is 19.3 Å². The Bertz CT molecular complexity index is 712. The summed E-state index contributed by atoms with van der Waals surface area (Å²) in [6.45, 7) is 7.16. The third-order valence-electron chi connectivity index (χ3n) is 5.33. The van der Waals surface area contributed by atoms with Crippen LogP contribution in [0.3, 0.4) is 0 Å². The van der Waals surface area contributed by atoms with E-state index in [1.165, 1.54) is 10.5 Å². The first-order valence-corrected chi connectivity index (χ1v) is 10.3. The number of nitrogens with one attached hydrogen (secondary N) is 1. The first-order chi connectivity index (χ1) is 13.7. The molecule has 3 rings (SSSR count). The molecule has 1 atom stereocenters. The third kappa shape index (κ3) is 5.63. The van der Waals surface area contributed by atoms with Crippen molar-refractivity contribution in [3.05, 3.63) is 54.1 Å². The minimum Gasteiger partial charge on any atom is -0.495 e. The second-order valence-electron chi connectivity index (χ2n) is 7.47. The Morgan fingerprint density at radius 2 is 1.79 bits per heavy atom. The van der Waals surface area contributed by atoms with Crippen molar-refractivity contribution in [1.29, 1.82) is 0 Å². The highest BCUT2D eigenvalue weighted by atomic mass is 16.5. The molecule has 1 aliphatic rings. The van der Waals surface area contributed by atoms with Gasteiger partial charge in [-0.3, -0.25) is 0 Å². The van der Waals surface area contributed by atoms with Gasteiger partial charge in [-0.2, -0.15) is 0 Å². The number of piperazine rings is 1. The Morgan fingerprint density at radius 3 is 2.46 bits per heavy atom. The summed E-state index contributed by atoms with van der Waals surface area (Å²) in [6, 6.07) is 16.4. The number of para-hydroxylation sites is 2. The van der Waals surface area contributed by atoms with E-state index in [1.807, 2.05) is 30.3 Å². The summed E-state index contributed by atoms with van der Waals surface area (Å²) in [6.07, 6.45) is 1.78. The second kappa shape index (κ2) is 10.3. The molecule has 2 N–H and O–H groups in total. The summed E-state index contributed by atoms with van der Waals surface area (Å²) in [5.74, 6) is 1.75. The minimum atomic E-state index is -0.455. The van der Waals surface area contributed by atoms with Gasteiger partial charge in [0.05, 0.1) is 39.0 Å². The summed E-state index contributed by atoms with van der Waals surface area (Å²) in [5.41, 5.74) is 2.48. The number of rotatable bonds is 9. The molecule has 0 unspecified atom stereocenters. The zero-order chi connectivity index (χ0) is 19.8. The highest BCUT2D eigenvalue weighted by Crippen LogP contribution is 2.27. The van der Waals surface area contributed by atoms with Gasteiger partial charge < -0.3 is 24.4 Å². The SMILES string of the molecule is CCCc1ccc(OC[C@@H](O)C[NH+]2CCN(c3ccccc3OC)CC2)cc1. The molecular formula is C23H33N2O3+. The van der Waals surface area contributed by atoms with Gasteiger partial charge in [0.25, 0.3) is 0 Å². The van der Waals surface area contributed by atoms with Crippen molar-refractivity contribution >= 4 is 5.69 Å². The number of nitrogens with zero attached hydrogens (tertiary/aromatic N) is 1. The van der Waals surface area contributed by atoms with E-state index in [1.54, 1.807) is 7.11 Å². The van der Waals surface area contributed by atoms with E-state index in [0.717, 1.165) is 56.2 Å². The number of anilines is 1. The largest absolute Gasteiger partial charge is 0.495 e. The number of hydrogen-bond donors (Lipinski definition) is 2. The molecule has 0 aromatic heterocycles. The fraction of sp³-hybridized carbons (Fsp3) is 0.478. The van der Waals surface area contributed by atoms with Crippen LogP contribution in [0, 0.1) is 0 Å². The normalized spacial score (nSPS) is 16.0. The van der Waals surface area contributed by atoms with Gasteiger partial charge in [-0.25, -0.2) is 0 Å². The summed E-state index contributed by atoms with van der Waals surface area (Å²) >= 11 is 0. The average molecular weight is 386 g/mol. The smallest absolute Gasteiger partial charge is 0.142 e. The van der Waals surface area contributed by atoms with E-state index >= 15 is 0 Å². The van der Waals surface area contributed by atoms with Crippen molar-refractivity contribution in [2.24, 2.45) is 0 Å². The van der Waals surface area contributed by atoms with E-state index in [9.17, 15) is 5.11 Å². The molecule has 152 valence electrons. The van der Waals surface area contributed by atoms with Crippen molar-refractivity contribution in [2.45, 2.75) is 25.9 Å². The van der Waals surface area contributed by atoms with Crippen molar-refractivity contribution in [3.8, 4) is 11.5 Å². The number of ether oxygens (including phenoxy) is 2. The number of methoxy groups -OCH3 is 1. The molecule has 0 saturated carbocycles. The van der Waals surface area contributed by atoms with Gasteiger partial charge in [-0.05, 0) is 36.2 Å². The fourth-order valence-corrected chi connectivity index (χ4v) is 3.78. The van der Waals surface area contributed by atoms with Crippen molar-refractivity contribution in [2.75, 3.05) is 51.3 Å². The number of hydrogen-bond acceptors (Lipinski definition) is 4. The van der Waals surface area contributed by atoms with Gasteiger partial charge >= 0.3 is 0 Å². The van der Waals surface area contributed by atoms with E-state index in [2.05, 4.69) is 30.0 Å². The standard InChI is InChI=1S/C23H32N2O3/c1-3-6-19-9-11-21(12-10-19)28-18-20(26)17-24-13-15-25(16-14-24)22-7-4-5-8-23(22)27-2/h4-5,7-12,20,26H,3,6,13-18H2,1-2H3/p+1/t20-/m0/s1. The average Bonchev–Trinajstić information content (AvgIpc) is 2.74. The molecule has 1 aliphatic heterocycles. The van der Waals surface area contributed by atoms with Crippen LogP contribution in [0.4, 0.5) is 5.69 Å². The molecule has 0 amide bonds. The lowest BCUT2D eigenvalue weighted by Gasteiger charge is -2.35. The van der Waals surface area contributed by atoms with Crippen LogP contribution in [0.25, 0.3) is 0 Å². The molecule has 5 nitrogen and oxygen atoms in total. The summed E-state index contributed by atoms with van der Waals surface area (Å²) in [4.78, 5) is 3.78. The number of aryl methyl sites for hydroxylation is 1. The molecule has 2 aromatic rings. The van der Waals surface area contributed by atoms with Crippen LogP contribution in [0.15, 0.2) is 48.5 Å². The van der Waals surface area contributed by atoms with Gasteiger partial charge in [-0.15, -0.1) is 0 Å². The molecule has 0 spiro atoms. The Balaban J connectivity index is 1.41. The summed E-state index contributed by atoms with van der Waals surface area (Å²) < 4.78 is 11.3. The van der Waals surface area contributed by atoms with Crippen molar-refractivity contribution < 1.29 is 19.5 Å². The first kappa shape index (κ1) is 20.5. The molecule has 0 aliphatic carbocycles. The maximum Gasteiger partial charge on any atom is 0.142 e. The van der Waals surface area contributed by atoms with Crippen molar-refractivity contribution in [3.63, 3.8) is 0 Å². The van der Waals surface area contributed by atoms with Crippen LogP contribution in [-0.4, -0.2) is 57.7 Å². The van der Waals surface area contributed by atoms with E-state index < -0.39 is 6.10 Å². The quantitative estimate of drug-likeness (QED) is 0.691. The zero-order valence-electron chi connectivity index (χ0n) is 17.1. The van der Waals surface area contributed by atoms with Gasteiger partial charge in [0, 0.05) is 0 Å². The second-order valence-corrected chi connectivity index (χ2v) is 7.47. The van der Waals surface area contributed by atoms with Crippen LogP contribution in [0.5, 0.6) is 11.5 Å². The van der Waals surface area contributed by atoms with Gasteiger partial charge in [0.15, 0.2) is 0 Å². The van der Waals surface area contributed by atoms with Gasteiger partial charge in [0.2, 0.25) is 0 Å². The fourth-order valence-electron chi connectivity index (χ4n) is 3.78. The Morgan fingerprint density at radius 1 is 1.07 bits per heavy atom. The Hall–Kier alpha value is -2.24. The monoisotopic (exact) mass is 385 g/mol. The lowest BCUT2D eigenvalue weighted by molar-refractivity contribution is -0.903. The van der Waals surface area contributed by atoms with E-state index in [-0.39, 0.29) is 0 Å². The predicted molar refractivity (Wildman–Crippen MR) is 113 cm³/mol. The van der Waals surface area contributed by atoms with E-state index in [4.69, 9.17) is 9.47 Å². The lowest BCUT2D eigenvalue weighted by atomic mass is 10.1. The molecule has 28 heavy (non-hydrogen) atoms. The number of aliphatic hydroxyl groups is 1. The van der Waals surface area contributed by atoms with Crippen LogP contribution in [0.2, 0.25) is 0 Å². The molecular weight excluding hydrogens is 352 g/mol. The minimum absolute atomic E-state index is 0.340. The molecule has 5 heteroatoms. The molecule has 1 saturated heterocycles. The van der Waals surface area contributed by atoms with E-state index in [0.29, 0.717) is 13.2 Å². The van der Waals surface area contributed by atoms with Gasteiger partial charge in [0.1, 0.15) is 30.8 Å². The maximum atomic E-state index is 10.4. The Labute approximate surface area is 168 Å². The highest BCUT2D eigenvalue weighted by Gasteiger charge is 2.24. The Kier molecular flexibility index (Phi) is 7.57. The molecule has 2 aromatic carbocycles. The lowest BCUT2D eigenvalue weighted by Crippen LogP contribution is -3.16. The van der Waals surface area contributed by atoms with Crippen molar-refractivity contribution in [1.82, 2.24) is 0 Å². The highest BCUT2D eigenvalue weighted by molar-refractivity contribution is 5.58. The predicted octanol–water partition coefficient (Wildman–Crippen LogP) is 1.79. The number of aliphatic hydroxyl groups excluding tert-OH is 1. The van der Waals surface area contributed by atoms with Gasteiger partial charge in [-0.1, -0.05) is 37.6 Å². The van der Waals surface area contributed by atoms with Crippen LogP contribution in [-0.2, 0) is 6.42 Å². The van der Waals surface area contributed by atoms with Crippen LogP contribution >= 0.6 is 0 Å². The number of quaternary nitrogens is 1. The topological polar surface area (TPSA) is 46.4 Å². The molecule has 0 bridgehead atoms. The molecule has 1 heterocycles. The maximum absolute atomic E-state index is 10.4. The summed E-state index contributed by atoms with van der Waals surface area (Å²) in [5, 5.41) is 10.4. The third-order valence-corrected chi connectivity index (χ3v) is 5.33. The number of benzene rings is 2. The zero-order valence-corrected chi connectivity index (χ0v) is 17.1. The first-order valence-electron chi connectivity index (χ1n) is 10.3. The molecule has 1 fully saturated rings.